The van der Waals surface area contributed by atoms with Crippen molar-refractivity contribution in [1.29, 1.82) is 0 Å². The van der Waals surface area contributed by atoms with Gasteiger partial charge in [-0.1, -0.05) is 30.8 Å². The van der Waals surface area contributed by atoms with E-state index in [1.54, 1.807) is 60.3 Å². The van der Waals surface area contributed by atoms with Crippen LogP contribution in [0.25, 0.3) is 15.9 Å². The Morgan fingerprint density at radius 1 is 0.930 bits per heavy atom. The third kappa shape index (κ3) is 5.38. The number of anilines is 1. The molecule has 43 heavy (non-hydrogen) atoms. The summed E-state index contributed by atoms with van der Waals surface area (Å²) in [5.41, 5.74) is 5.41. The van der Waals surface area contributed by atoms with Crippen LogP contribution in [0.2, 0.25) is 0 Å². The van der Waals surface area contributed by atoms with Gasteiger partial charge in [0, 0.05) is 44.1 Å². The first-order chi connectivity index (χ1) is 20.7. The second kappa shape index (κ2) is 11.4. The summed E-state index contributed by atoms with van der Waals surface area (Å²) < 4.78 is 29.7. The zero-order valence-corrected chi connectivity index (χ0v) is 24.1. The Bertz CT molecular complexity index is 1850. The SMILES string of the molecule is [C-]#[N+]c1ccc2c(n1)c(N1CC(C)N(C(c3ccc(F)cc3)c3ccc(F)cc3)C(c3ccnc(C)c3)C1)cc(=O)n2C. The quantitative estimate of drug-likeness (QED) is 0.224. The maximum absolute atomic E-state index is 14.1. The highest BCUT2D eigenvalue weighted by Gasteiger charge is 2.40. The Hall–Kier alpha value is -4.94. The summed E-state index contributed by atoms with van der Waals surface area (Å²) in [6, 6.07) is 21.3. The highest BCUT2D eigenvalue weighted by molar-refractivity contribution is 5.89. The van der Waals surface area contributed by atoms with E-state index in [-0.39, 0.29) is 41.1 Å². The van der Waals surface area contributed by atoms with Crippen molar-refractivity contribution in [2.24, 2.45) is 7.05 Å². The lowest BCUT2D eigenvalue weighted by molar-refractivity contribution is 0.0860. The van der Waals surface area contributed by atoms with E-state index in [2.05, 4.69) is 37.6 Å². The van der Waals surface area contributed by atoms with Gasteiger partial charge in [0.25, 0.3) is 11.4 Å². The molecule has 2 aromatic carbocycles. The number of benzene rings is 2. The molecular weight excluding hydrogens is 546 g/mol. The minimum Gasteiger partial charge on any atom is -0.364 e. The second-order valence-electron chi connectivity index (χ2n) is 11.0. The number of fused-ring (bicyclic) bond motifs is 1. The highest BCUT2D eigenvalue weighted by atomic mass is 19.1. The second-order valence-corrected chi connectivity index (χ2v) is 11.0. The molecule has 1 saturated heterocycles. The molecule has 0 aliphatic carbocycles. The van der Waals surface area contributed by atoms with Crippen molar-refractivity contribution >= 4 is 22.5 Å². The van der Waals surface area contributed by atoms with Crippen molar-refractivity contribution in [2.75, 3.05) is 18.0 Å². The number of piperazine rings is 1. The zero-order chi connectivity index (χ0) is 30.2. The van der Waals surface area contributed by atoms with E-state index < -0.39 is 0 Å². The predicted octanol–water partition coefficient (Wildman–Crippen LogP) is 6.51. The van der Waals surface area contributed by atoms with E-state index in [0.29, 0.717) is 29.8 Å². The molecule has 216 valence electrons. The molecule has 1 fully saturated rings. The van der Waals surface area contributed by atoms with Crippen LogP contribution in [-0.4, -0.2) is 38.6 Å². The number of hydrogen-bond acceptors (Lipinski definition) is 5. The van der Waals surface area contributed by atoms with Gasteiger partial charge in [0.15, 0.2) is 0 Å². The molecule has 4 heterocycles. The van der Waals surface area contributed by atoms with Gasteiger partial charge in [-0.3, -0.25) is 14.7 Å². The Morgan fingerprint density at radius 2 is 1.58 bits per heavy atom. The molecule has 9 heteroatoms. The lowest BCUT2D eigenvalue weighted by atomic mass is 9.90. The molecule has 0 spiro atoms. The summed E-state index contributed by atoms with van der Waals surface area (Å²) in [6.07, 6.45) is 1.79. The Balaban J connectivity index is 1.52. The van der Waals surface area contributed by atoms with Crippen molar-refractivity contribution in [1.82, 2.24) is 19.4 Å². The topological polar surface area (TPSA) is 58.6 Å². The largest absolute Gasteiger partial charge is 0.364 e. The Morgan fingerprint density at radius 3 is 2.19 bits per heavy atom. The first-order valence-corrected chi connectivity index (χ1v) is 14.1. The maximum Gasteiger partial charge on any atom is 0.270 e. The van der Waals surface area contributed by atoms with Gasteiger partial charge >= 0.3 is 0 Å². The average Bonchev–Trinajstić information content (AvgIpc) is 3.01. The van der Waals surface area contributed by atoms with Crippen LogP contribution in [-0.2, 0) is 7.05 Å². The number of aromatic nitrogens is 3. The van der Waals surface area contributed by atoms with E-state index >= 15 is 0 Å². The minimum atomic E-state index is -0.329. The maximum atomic E-state index is 14.1. The summed E-state index contributed by atoms with van der Waals surface area (Å²) in [5, 5.41) is 0. The monoisotopic (exact) mass is 576 g/mol. The summed E-state index contributed by atoms with van der Waals surface area (Å²) in [6.45, 7) is 12.6. The Kier molecular flexibility index (Phi) is 7.46. The smallest absolute Gasteiger partial charge is 0.270 e. The summed E-state index contributed by atoms with van der Waals surface area (Å²) in [7, 11) is 1.70. The average molecular weight is 577 g/mol. The third-order valence-electron chi connectivity index (χ3n) is 8.23. The first kappa shape index (κ1) is 28.2. The van der Waals surface area contributed by atoms with Crippen LogP contribution in [0.1, 0.15) is 41.4 Å². The number of pyridine rings is 3. The molecule has 5 aromatic rings. The highest BCUT2D eigenvalue weighted by Crippen LogP contribution is 2.42. The molecule has 1 aliphatic heterocycles. The van der Waals surface area contributed by atoms with Gasteiger partial charge in [-0.2, -0.15) is 0 Å². The van der Waals surface area contributed by atoms with Gasteiger partial charge in [-0.25, -0.2) is 8.78 Å². The van der Waals surface area contributed by atoms with Crippen LogP contribution < -0.4 is 10.5 Å². The van der Waals surface area contributed by atoms with Gasteiger partial charge in [-0.05, 0) is 79.1 Å². The minimum absolute atomic E-state index is 0.0875. The Labute approximate surface area is 248 Å². The molecule has 7 nitrogen and oxygen atoms in total. The number of aryl methyl sites for hydroxylation is 2. The molecule has 3 aromatic heterocycles. The number of nitrogens with zero attached hydrogens (tertiary/aromatic N) is 6. The zero-order valence-electron chi connectivity index (χ0n) is 24.1. The van der Waals surface area contributed by atoms with Crippen LogP contribution in [0.15, 0.2) is 89.9 Å². The fourth-order valence-electron chi connectivity index (χ4n) is 6.21. The van der Waals surface area contributed by atoms with Gasteiger partial charge in [0.1, 0.15) is 11.6 Å². The van der Waals surface area contributed by atoms with Gasteiger partial charge in [-0.15, -0.1) is 4.98 Å². The molecule has 0 bridgehead atoms. The van der Waals surface area contributed by atoms with E-state index in [0.717, 1.165) is 22.4 Å². The van der Waals surface area contributed by atoms with Gasteiger partial charge < -0.3 is 14.3 Å². The number of halogens is 2. The molecule has 0 amide bonds. The van der Waals surface area contributed by atoms with Crippen molar-refractivity contribution in [3.05, 3.63) is 141 Å². The molecule has 1 aliphatic rings. The van der Waals surface area contributed by atoms with E-state index in [1.807, 2.05) is 13.0 Å². The van der Waals surface area contributed by atoms with Crippen molar-refractivity contribution in [3.8, 4) is 0 Å². The number of hydrogen-bond donors (Lipinski definition) is 0. The first-order valence-electron chi connectivity index (χ1n) is 14.1. The van der Waals surface area contributed by atoms with Crippen LogP contribution in [0.4, 0.5) is 20.3 Å². The fraction of sp³-hybridized carbons (Fsp3) is 0.235. The summed E-state index contributed by atoms with van der Waals surface area (Å²) >= 11 is 0. The van der Waals surface area contributed by atoms with Crippen molar-refractivity contribution < 1.29 is 8.78 Å². The molecular formula is C34H30F2N6O. The van der Waals surface area contributed by atoms with Crippen LogP contribution in [0.5, 0.6) is 0 Å². The van der Waals surface area contributed by atoms with Crippen LogP contribution >= 0.6 is 0 Å². The van der Waals surface area contributed by atoms with Crippen LogP contribution in [0.3, 0.4) is 0 Å². The number of rotatable bonds is 5. The lowest BCUT2D eigenvalue weighted by Gasteiger charge is -2.50. The third-order valence-corrected chi connectivity index (χ3v) is 8.23. The molecule has 0 saturated carbocycles. The lowest BCUT2D eigenvalue weighted by Crippen LogP contribution is -2.55. The molecule has 2 atom stereocenters. The standard InChI is InChI=1S/C34H30F2N6O/c1-21-17-25(15-16-38-21)30-20-41(29-18-32(43)40(4)28-13-14-31(37-3)39-33(28)29)19-22(2)42(30)34(23-5-9-26(35)10-6-23)24-7-11-27(36)12-8-24/h5-18,22,30,34H,19-20H2,1-2,4H3. The van der Waals surface area contributed by atoms with E-state index in [1.165, 1.54) is 24.3 Å². The summed E-state index contributed by atoms with van der Waals surface area (Å²) in [5.74, 6) is -0.401. The van der Waals surface area contributed by atoms with Crippen molar-refractivity contribution in [3.63, 3.8) is 0 Å². The molecule has 0 N–H and O–H groups in total. The molecule has 0 radical (unpaired) electrons. The van der Waals surface area contributed by atoms with E-state index in [9.17, 15) is 13.6 Å². The van der Waals surface area contributed by atoms with Crippen LogP contribution in [0, 0.1) is 25.1 Å². The normalized spacial score (nSPS) is 17.4. The predicted molar refractivity (Wildman–Crippen MR) is 163 cm³/mol. The molecule has 6 rings (SSSR count). The van der Waals surface area contributed by atoms with Gasteiger partial charge in [0.2, 0.25) is 5.52 Å². The summed E-state index contributed by atoms with van der Waals surface area (Å²) in [4.78, 5) is 30.2. The van der Waals surface area contributed by atoms with Crippen molar-refractivity contribution in [2.45, 2.75) is 32.0 Å². The molecule has 2 unspecified atom stereocenters. The fourth-order valence-corrected chi connectivity index (χ4v) is 6.21. The van der Waals surface area contributed by atoms with E-state index in [4.69, 9.17) is 6.57 Å². The van der Waals surface area contributed by atoms with Gasteiger partial charge in [0.05, 0.1) is 23.3 Å².